The largest absolute Gasteiger partial charge is 0.417 e. The van der Waals surface area contributed by atoms with E-state index < -0.39 is 17.0 Å². The van der Waals surface area contributed by atoms with E-state index in [1.54, 1.807) is 11.8 Å². The SMILES string of the molecule is CC(Sc1nnc2c(Cl)cc(C(F)(F)F)cn12)C(=O)N1CCc2ccccc21. The van der Waals surface area contributed by atoms with Crippen molar-refractivity contribution in [1.82, 2.24) is 14.6 Å². The molecule has 3 aromatic rings. The van der Waals surface area contributed by atoms with Crippen molar-refractivity contribution in [2.45, 2.75) is 29.9 Å². The van der Waals surface area contributed by atoms with Gasteiger partial charge in [0.2, 0.25) is 5.91 Å². The zero-order chi connectivity index (χ0) is 20.1. The lowest BCUT2D eigenvalue weighted by atomic mass is 10.2. The van der Waals surface area contributed by atoms with E-state index in [-0.39, 0.29) is 21.7 Å². The van der Waals surface area contributed by atoms with Crippen molar-refractivity contribution < 1.29 is 18.0 Å². The molecule has 4 rings (SSSR count). The fourth-order valence-corrected chi connectivity index (χ4v) is 4.30. The van der Waals surface area contributed by atoms with Gasteiger partial charge in [0.05, 0.1) is 15.8 Å². The average molecular weight is 427 g/mol. The Kier molecular flexibility index (Phi) is 4.75. The Morgan fingerprint density at radius 1 is 1.29 bits per heavy atom. The fourth-order valence-electron chi connectivity index (χ4n) is 3.16. The standard InChI is InChI=1S/C18H14ClF3N4OS/c1-10(16(27)25-7-6-11-4-2-3-5-14(11)25)28-17-24-23-15-13(19)8-12(9-26(15)17)18(20,21)22/h2-5,8-10H,6-7H2,1H3. The highest BCUT2D eigenvalue weighted by atomic mass is 35.5. The van der Waals surface area contributed by atoms with E-state index in [9.17, 15) is 18.0 Å². The number of carbonyl (C=O) groups is 1. The molecule has 0 saturated heterocycles. The van der Waals surface area contributed by atoms with Crippen molar-refractivity contribution in [2.24, 2.45) is 0 Å². The van der Waals surface area contributed by atoms with E-state index in [0.717, 1.165) is 41.7 Å². The third kappa shape index (κ3) is 3.33. The van der Waals surface area contributed by atoms with Gasteiger partial charge in [0.1, 0.15) is 0 Å². The monoisotopic (exact) mass is 426 g/mol. The number of aromatic nitrogens is 3. The second-order valence-corrected chi connectivity index (χ2v) is 8.09. The molecular weight excluding hydrogens is 413 g/mol. The summed E-state index contributed by atoms with van der Waals surface area (Å²) in [6.45, 7) is 2.28. The van der Waals surface area contributed by atoms with Crippen molar-refractivity contribution in [1.29, 1.82) is 0 Å². The lowest BCUT2D eigenvalue weighted by molar-refractivity contribution is -0.137. The van der Waals surface area contributed by atoms with Gasteiger partial charge in [-0.25, -0.2) is 0 Å². The minimum Gasteiger partial charge on any atom is -0.311 e. The highest BCUT2D eigenvalue weighted by molar-refractivity contribution is 8.00. The number of benzene rings is 1. The third-order valence-corrected chi connectivity index (χ3v) is 5.86. The number of nitrogens with zero attached hydrogens (tertiary/aromatic N) is 4. The number of hydrogen-bond donors (Lipinski definition) is 0. The Labute approximate surface area is 167 Å². The predicted molar refractivity (Wildman–Crippen MR) is 101 cm³/mol. The summed E-state index contributed by atoms with van der Waals surface area (Å²) >= 11 is 6.98. The quantitative estimate of drug-likeness (QED) is 0.580. The molecule has 3 heterocycles. The number of anilines is 1. The minimum absolute atomic E-state index is 0.114. The summed E-state index contributed by atoms with van der Waals surface area (Å²) in [4.78, 5) is 14.6. The molecule has 1 amide bonds. The van der Waals surface area contributed by atoms with E-state index in [1.807, 2.05) is 24.3 Å². The summed E-state index contributed by atoms with van der Waals surface area (Å²) in [5.41, 5.74) is 1.18. The molecule has 0 saturated carbocycles. The molecule has 0 aliphatic carbocycles. The number of carbonyl (C=O) groups excluding carboxylic acids is 1. The van der Waals surface area contributed by atoms with Crippen molar-refractivity contribution in [3.63, 3.8) is 0 Å². The molecule has 1 atom stereocenters. The molecule has 1 aliphatic heterocycles. The van der Waals surface area contributed by atoms with Crippen LogP contribution in [0.2, 0.25) is 5.02 Å². The first-order chi connectivity index (χ1) is 13.3. The number of alkyl halides is 3. The maximum atomic E-state index is 13.1. The number of hydrogen-bond acceptors (Lipinski definition) is 4. The predicted octanol–water partition coefficient (Wildman–Crippen LogP) is 4.47. The van der Waals surface area contributed by atoms with Gasteiger partial charge in [-0.3, -0.25) is 9.20 Å². The number of pyridine rings is 1. The lowest BCUT2D eigenvalue weighted by Crippen LogP contribution is -2.35. The van der Waals surface area contributed by atoms with Crippen LogP contribution in [0.4, 0.5) is 18.9 Å². The van der Waals surface area contributed by atoms with Crippen LogP contribution in [0.25, 0.3) is 5.65 Å². The van der Waals surface area contributed by atoms with Crippen LogP contribution in [0.15, 0.2) is 41.7 Å². The van der Waals surface area contributed by atoms with E-state index in [1.165, 1.54) is 4.40 Å². The van der Waals surface area contributed by atoms with Gasteiger partial charge < -0.3 is 4.90 Å². The molecule has 0 fully saturated rings. The fraction of sp³-hybridized carbons (Fsp3) is 0.278. The van der Waals surface area contributed by atoms with E-state index in [2.05, 4.69) is 10.2 Å². The van der Waals surface area contributed by atoms with Crippen LogP contribution in [0, 0.1) is 0 Å². The normalized spacial score (nSPS) is 15.1. The lowest BCUT2D eigenvalue weighted by Gasteiger charge is -2.21. The molecule has 28 heavy (non-hydrogen) atoms. The Bertz CT molecular complexity index is 1070. The van der Waals surface area contributed by atoms with Crippen LogP contribution >= 0.6 is 23.4 Å². The molecule has 10 heteroatoms. The van der Waals surface area contributed by atoms with Crippen LogP contribution in [-0.2, 0) is 17.4 Å². The summed E-state index contributed by atoms with van der Waals surface area (Å²) in [5.74, 6) is -0.134. The summed E-state index contributed by atoms with van der Waals surface area (Å²) in [6.07, 6.45) is -2.88. The van der Waals surface area contributed by atoms with Crippen molar-refractivity contribution >= 4 is 40.6 Å². The Morgan fingerprint density at radius 3 is 2.79 bits per heavy atom. The second kappa shape index (κ2) is 6.97. The van der Waals surface area contributed by atoms with Crippen LogP contribution in [-0.4, -0.2) is 32.3 Å². The average Bonchev–Trinajstić information content (AvgIpc) is 3.25. The molecule has 146 valence electrons. The highest BCUT2D eigenvalue weighted by Crippen LogP contribution is 2.35. The summed E-state index contributed by atoms with van der Waals surface area (Å²) in [5, 5.41) is 7.24. The van der Waals surface area contributed by atoms with Crippen LogP contribution < -0.4 is 4.90 Å². The Balaban J connectivity index is 1.61. The van der Waals surface area contributed by atoms with E-state index >= 15 is 0 Å². The molecule has 0 N–H and O–H groups in total. The van der Waals surface area contributed by atoms with E-state index in [0.29, 0.717) is 6.54 Å². The first-order valence-corrected chi connectivity index (χ1v) is 9.69. The topological polar surface area (TPSA) is 50.5 Å². The molecule has 2 aromatic heterocycles. The molecule has 1 aliphatic rings. The number of halogens is 4. The minimum atomic E-state index is -4.55. The van der Waals surface area contributed by atoms with Gasteiger partial charge in [-0.15, -0.1) is 10.2 Å². The van der Waals surface area contributed by atoms with Gasteiger partial charge in [0.25, 0.3) is 0 Å². The first kappa shape index (κ1) is 19.1. The van der Waals surface area contributed by atoms with Gasteiger partial charge in [-0.05, 0) is 31.0 Å². The number of rotatable bonds is 3. The number of thioether (sulfide) groups is 1. The van der Waals surface area contributed by atoms with E-state index in [4.69, 9.17) is 11.6 Å². The first-order valence-electron chi connectivity index (χ1n) is 8.43. The van der Waals surface area contributed by atoms with Gasteiger partial charge in [0, 0.05) is 18.4 Å². The smallest absolute Gasteiger partial charge is 0.311 e. The summed E-state index contributed by atoms with van der Waals surface area (Å²) in [6, 6.07) is 8.48. The molecule has 0 radical (unpaired) electrons. The van der Waals surface area contributed by atoms with Crippen molar-refractivity contribution in [2.75, 3.05) is 11.4 Å². The Morgan fingerprint density at radius 2 is 2.04 bits per heavy atom. The zero-order valence-electron chi connectivity index (χ0n) is 14.6. The summed E-state index contributed by atoms with van der Waals surface area (Å²) < 4.78 is 40.4. The third-order valence-electron chi connectivity index (χ3n) is 4.54. The molecule has 0 spiro atoms. The van der Waals surface area contributed by atoms with Gasteiger partial charge in [-0.2, -0.15) is 13.2 Å². The maximum absolute atomic E-state index is 13.1. The van der Waals surface area contributed by atoms with Gasteiger partial charge in [-0.1, -0.05) is 41.6 Å². The maximum Gasteiger partial charge on any atom is 0.417 e. The van der Waals surface area contributed by atoms with Crippen LogP contribution in [0.5, 0.6) is 0 Å². The summed E-state index contributed by atoms with van der Waals surface area (Å²) in [7, 11) is 0. The van der Waals surface area contributed by atoms with Crippen molar-refractivity contribution in [3.05, 3.63) is 52.7 Å². The number of amides is 1. The van der Waals surface area contributed by atoms with Gasteiger partial charge in [0.15, 0.2) is 10.8 Å². The molecule has 0 bridgehead atoms. The molecule has 1 aromatic carbocycles. The van der Waals surface area contributed by atoms with Crippen molar-refractivity contribution in [3.8, 4) is 0 Å². The number of para-hydroxylation sites is 1. The molecular formula is C18H14ClF3N4OS. The van der Waals surface area contributed by atoms with Crippen LogP contribution in [0.1, 0.15) is 18.1 Å². The highest BCUT2D eigenvalue weighted by Gasteiger charge is 2.33. The number of fused-ring (bicyclic) bond motifs is 2. The second-order valence-electron chi connectivity index (χ2n) is 6.38. The zero-order valence-corrected chi connectivity index (χ0v) is 16.1. The molecule has 5 nitrogen and oxygen atoms in total. The van der Waals surface area contributed by atoms with Crippen LogP contribution in [0.3, 0.4) is 0 Å². The van der Waals surface area contributed by atoms with Gasteiger partial charge >= 0.3 is 6.18 Å². The Hall–Kier alpha value is -2.26. The molecule has 1 unspecified atom stereocenters.